The van der Waals surface area contributed by atoms with Gasteiger partial charge in [0.25, 0.3) is 0 Å². The van der Waals surface area contributed by atoms with Crippen molar-refractivity contribution < 1.29 is 18.1 Å². The van der Waals surface area contributed by atoms with Crippen molar-refractivity contribution in [2.45, 2.75) is 97.4 Å². The minimum atomic E-state index is -2.67. The fraction of sp³-hybridized carbons (Fsp3) is 0.500. The van der Waals surface area contributed by atoms with Gasteiger partial charge in [0.15, 0.2) is 0 Å². The lowest BCUT2D eigenvalue weighted by Crippen LogP contribution is -2.46. The fourth-order valence-electron chi connectivity index (χ4n) is 6.85. The Labute approximate surface area is 290 Å². The van der Waals surface area contributed by atoms with Crippen molar-refractivity contribution in [3.63, 3.8) is 0 Å². The first-order valence-electron chi connectivity index (χ1n) is 17.9. The van der Waals surface area contributed by atoms with Crippen LogP contribution in [0.25, 0.3) is 0 Å². The summed E-state index contributed by atoms with van der Waals surface area (Å²) in [5, 5.41) is 3.08. The molecule has 0 bridgehead atoms. The highest BCUT2D eigenvalue weighted by Crippen LogP contribution is 2.47. The van der Waals surface area contributed by atoms with E-state index >= 15 is 0 Å². The quantitative estimate of drug-likeness (QED) is 0.0917. The van der Waals surface area contributed by atoms with Gasteiger partial charge in [0.1, 0.15) is 0 Å². The van der Waals surface area contributed by atoms with Crippen molar-refractivity contribution in [2.24, 2.45) is 4.99 Å². The van der Waals surface area contributed by atoms with Crippen LogP contribution >= 0.6 is 0 Å². The second-order valence-corrected chi connectivity index (χ2v) is 16.2. The number of benzene rings is 2. The van der Waals surface area contributed by atoms with E-state index in [0.717, 1.165) is 43.6 Å². The zero-order valence-electron chi connectivity index (χ0n) is 30.3. The number of nitrogens with one attached hydrogen (secondary N) is 1. The smallest absolute Gasteiger partial charge is 0.374 e. The highest BCUT2D eigenvalue weighted by molar-refractivity contribution is 6.60. The lowest BCUT2D eigenvalue weighted by molar-refractivity contribution is -0.121. The second-order valence-electron chi connectivity index (χ2n) is 13.5. The number of fused-ring (bicyclic) bond motifs is 2. The normalized spacial score (nSPS) is 17.4. The molecule has 1 N–H and O–H groups in total. The first-order chi connectivity index (χ1) is 23.1. The summed E-state index contributed by atoms with van der Waals surface area (Å²) in [5.74, 6) is 0.105. The Morgan fingerprint density at radius 1 is 0.812 bits per heavy atom. The van der Waals surface area contributed by atoms with Gasteiger partial charge in [-0.2, -0.15) is 0 Å². The molecule has 1 amide bonds. The number of allylic oxidation sites excluding steroid dienone is 6. The Balaban J connectivity index is 1.28. The maximum Gasteiger partial charge on any atom is 0.500 e. The molecule has 0 radical (unpaired) electrons. The number of carbonyl (C=O) groups excluding carboxylic acids is 1. The van der Waals surface area contributed by atoms with Crippen molar-refractivity contribution >= 4 is 31.8 Å². The second kappa shape index (κ2) is 17.4. The molecule has 0 spiro atoms. The third-order valence-electron chi connectivity index (χ3n) is 9.35. The van der Waals surface area contributed by atoms with Crippen LogP contribution in [0.1, 0.15) is 91.7 Å². The van der Waals surface area contributed by atoms with E-state index < -0.39 is 8.80 Å². The SMILES string of the molecule is CCO[Si](CCCNC(=O)CCCCCN1/C(=C/C=C/C=C/C2=Nc3ccccc3C2(C)C)C(C)(C)c2ccccc21)(OCC)OCC. The van der Waals surface area contributed by atoms with Gasteiger partial charge in [-0.25, -0.2) is 0 Å². The molecule has 260 valence electrons. The predicted molar refractivity (Wildman–Crippen MR) is 201 cm³/mol. The molecule has 8 heteroatoms. The number of anilines is 1. The van der Waals surface area contributed by atoms with E-state index in [1.807, 2.05) is 26.8 Å². The summed E-state index contributed by atoms with van der Waals surface area (Å²) in [7, 11) is -2.67. The summed E-state index contributed by atoms with van der Waals surface area (Å²) in [6, 6.07) is 17.8. The topological polar surface area (TPSA) is 72.4 Å². The number of aliphatic imine (C=N–C) groups is 1. The first kappa shape index (κ1) is 37.5. The third-order valence-corrected chi connectivity index (χ3v) is 12.5. The number of hydrogen-bond acceptors (Lipinski definition) is 6. The van der Waals surface area contributed by atoms with Gasteiger partial charge in [-0.05, 0) is 75.4 Å². The monoisotopic (exact) mass is 671 g/mol. The van der Waals surface area contributed by atoms with Gasteiger partial charge in [0, 0.05) is 67.6 Å². The van der Waals surface area contributed by atoms with E-state index in [0.29, 0.717) is 38.8 Å². The van der Waals surface area contributed by atoms with Gasteiger partial charge >= 0.3 is 8.80 Å². The molecule has 0 aromatic heterocycles. The van der Waals surface area contributed by atoms with Gasteiger partial charge in [-0.15, -0.1) is 0 Å². The molecule has 2 aliphatic heterocycles. The molecule has 0 saturated carbocycles. The molecule has 7 nitrogen and oxygen atoms in total. The number of nitrogens with zero attached hydrogens (tertiary/aromatic N) is 2. The molecule has 0 unspecified atom stereocenters. The summed E-state index contributed by atoms with van der Waals surface area (Å²) in [6.07, 6.45) is 14.9. The number of para-hydroxylation sites is 2. The van der Waals surface area contributed by atoms with Crippen LogP contribution < -0.4 is 10.2 Å². The van der Waals surface area contributed by atoms with Gasteiger partial charge in [0.2, 0.25) is 5.91 Å². The van der Waals surface area contributed by atoms with Crippen LogP contribution in [-0.2, 0) is 28.9 Å². The molecule has 2 aliphatic rings. The van der Waals surface area contributed by atoms with Crippen LogP contribution in [-0.4, -0.2) is 53.3 Å². The van der Waals surface area contributed by atoms with Gasteiger partial charge in [0.05, 0.1) is 11.4 Å². The number of amides is 1. The largest absolute Gasteiger partial charge is 0.500 e. The summed E-state index contributed by atoms with van der Waals surface area (Å²) in [6.45, 7) is 18.2. The summed E-state index contributed by atoms with van der Waals surface area (Å²) >= 11 is 0. The van der Waals surface area contributed by atoms with E-state index in [1.54, 1.807) is 0 Å². The van der Waals surface area contributed by atoms with E-state index in [4.69, 9.17) is 18.3 Å². The predicted octanol–water partition coefficient (Wildman–Crippen LogP) is 8.96. The van der Waals surface area contributed by atoms with Crippen LogP contribution in [0.4, 0.5) is 11.4 Å². The third kappa shape index (κ3) is 9.02. The van der Waals surface area contributed by atoms with Gasteiger partial charge in [-0.1, -0.05) is 88.7 Å². The molecule has 48 heavy (non-hydrogen) atoms. The number of unbranched alkanes of at least 4 members (excludes halogenated alkanes) is 2. The molecular formula is C40H57N3O4Si. The Kier molecular flexibility index (Phi) is 13.6. The standard InChI is InChI=1S/C40H57N3O4Si/c1-8-45-48(46-9-2,47-10-3)31-21-29-41-38(44)28-15-12-20-30-43-35-25-19-17-23-33(35)40(6,7)37(43)27-14-11-13-26-36-39(4,5)32-22-16-18-24-34(32)42-36/h11,13-14,16-19,22-27H,8-10,12,15,20-21,28-31H2,1-7H3,(H,41,44)/b14-11+,26-13+,37-27+. The molecule has 0 aliphatic carbocycles. The number of carbonyl (C=O) groups is 1. The van der Waals surface area contributed by atoms with Crippen molar-refractivity contribution in [2.75, 3.05) is 37.8 Å². The van der Waals surface area contributed by atoms with Crippen molar-refractivity contribution in [3.8, 4) is 0 Å². The summed E-state index contributed by atoms with van der Waals surface area (Å²) < 4.78 is 17.8. The Morgan fingerprint density at radius 2 is 1.48 bits per heavy atom. The van der Waals surface area contributed by atoms with Crippen molar-refractivity contribution in [1.82, 2.24) is 5.32 Å². The number of rotatable bonds is 19. The maximum atomic E-state index is 12.6. The van der Waals surface area contributed by atoms with Gasteiger partial charge in [-0.3, -0.25) is 9.79 Å². The summed E-state index contributed by atoms with van der Waals surface area (Å²) in [4.78, 5) is 19.9. The molecule has 2 heterocycles. The zero-order valence-corrected chi connectivity index (χ0v) is 31.3. The fourth-order valence-corrected chi connectivity index (χ4v) is 9.46. The van der Waals surface area contributed by atoms with E-state index in [1.165, 1.54) is 22.5 Å². The van der Waals surface area contributed by atoms with E-state index in [2.05, 4.69) is 111 Å². The minimum absolute atomic E-state index is 0.0997. The Bertz CT molecular complexity index is 1480. The maximum absolute atomic E-state index is 12.6. The average Bonchev–Trinajstić information content (AvgIpc) is 3.44. The van der Waals surface area contributed by atoms with Crippen molar-refractivity contribution in [1.29, 1.82) is 0 Å². The minimum Gasteiger partial charge on any atom is -0.374 e. The van der Waals surface area contributed by atoms with Crippen LogP contribution in [0.5, 0.6) is 0 Å². The molecule has 0 atom stereocenters. The molecule has 4 rings (SSSR count). The summed E-state index contributed by atoms with van der Waals surface area (Å²) in [5.41, 5.74) is 7.15. The lowest BCUT2D eigenvalue weighted by atomic mass is 9.81. The highest BCUT2D eigenvalue weighted by Gasteiger charge is 2.40. The Morgan fingerprint density at radius 3 is 2.17 bits per heavy atom. The molecule has 0 fully saturated rings. The van der Waals surface area contributed by atoms with Crippen LogP contribution in [0.2, 0.25) is 6.04 Å². The highest BCUT2D eigenvalue weighted by atomic mass is 28.4. The van der Waals surface area contributed by atoms with Crippen LogP contribution in [0.15, 0.2) is 89.6 Å². The van der Waals surface area contributed by atoms with Crippen LogP contribution in [0.3, 0.4) is 0 Å². The first-order valence-corrected chi connectivity index (χ1v) is 19.8. The molecular weight excluding hydrogens is 615 g/mol. The average molecular weight is 672 g/mol. The van der Waals surface area contributed by atoms with E-state index in [-0.39, 0.29) is 16.7 Å². The van der Waals surface area contributed by atoms with Crippen LogP contribution in [0, 0.1) is 0 Å². The number of hydrogen-bond donors (Lipinski definition) is 1. The molecule has 2 aromatic carbocycles. The molecule has 2 aromatic rings. The van der Waals surface area contributed by atoms with Gasteiger partial charge < -0.3 is 23.5 Å². The zero-order chi connectivity index (χ0) is 34.6. The molecule has 0 saturated heterocycles. The lowest BCUT2D eigenvalue weighted by Gasteiger charge is -2.28. The Hall–Kier alpha value is -3.30. The van der Waals surface area contributed by atoms with E-state index in [9.17, 15) is 4.79 Å². The van der Waals surface area contributed by atoms with Crippen molar-refractivity contribution in [3.05, 3.63) is 95.7 Å².